The van der Waals surface area contributed by atoms with Crippen LogP contribution in [0.25, 0.3) is 39.0 Å². The first kappa shape index (κ1) is 26.1. The van der Waals surface area contributed by atoms with Gasteiger partial charge in [0.15, 0.2) is 5.82 Å². The molecule has 9 heteroatoms. The number of nitrogens with one attached hydrogen (secondary N) is 1. The molecule has 3 saturated heterocycles. The van der Waals surface area contributed by atoms with Crippen LogP contribution in [0.3, 0.4) is 0 Å². The van der Waals surface area contributed by atoms with Gasteiger partial charge in [-0.25, -0.2) is 13.8 Å². The number of ether oxygens (including phenoxy) is 1. The van der Waals surface area contributed by atoms with E-state index in [0.29, 0.717) is 41.9 Å². The molecule has 3 aliphatic rings. The third-order valence-corrected chi connectivity index (χ3v) is 8.84. The maximum absolute atomic E-state index is 16.6. The summed E-state index contributed by atoms with van der Waals surface area (Å²) in [7, 11) is 1.89. The number of aromatic hydroxyl groups is 1. The Labute approximate surface area is 237 Å². The quantitative estimate of drug-likeness (QED) is 0.333. The molecule has 0 saturated carbocycles. The zero-order valence-electron chi connectivity index (χ0n) is 23.0. The van der Waals surface area contributed by atoms with Gasteiger partial charge in [0.05, 0.1) is 5.69 Å². The summed E-state index contributed by atoms with van der Waals surface area (Å²) in [6.07, 6.45) is 5.13. The Morgan fingerprint density at radius 2 is 1.98 bits per heavy atom. The molecule has 0 amide bonds. The van der Waals surface area contributed by atoms with Gasteiger partial charge in [0.2, 0.25) is 5.88 Å². The van der Waals surface area contributed by atoms with Crippen LogP contribution in [-0.4, -0.2) is 77.6 Å². The molecule has 3 fully saturated rings. The fourth-order valence-electron chi connectivity index (χ4n) is 6.81. The highest BCUT2D eigenvalue weighted by Gasteiger charge is 2.34. The van der Waals surface area contributed by atoms with Gasteiger partial charge in [-0.2, -0.15) is 0 Å². The minimum atomic E-state index is -0.881. The minimum absolute atomic E-state index is 0.0175. The number of pyridine rings is 2. The van der Waals surface area contributed by atoms with Crippen LogP contribution in [0.2, 0.25) is 0 Å². The molecule has 7 rings (SSSR count). The minimum Gasteiger partial charge on any atom is -0.508 e. The molecule has 3 aliphatic heterocycles. The SMILES string of the molecule is C=Cc1cccc2cc(O)cc(-c3ncc4c(N5CC6CCC(C5)N6)cc(OC[C@@H]5C[C@@H](F)CN5C)nc4c3F)c12. The lowest BCUT2D eigenvalue weighted by molar-refractivity contribution is 0.193. The van der Waals surface area contributed by atoms with Crippen LogP contribution in [0.5, 0.6) is 11.6 Å². The van der Waals surface area contributed by atoms with Crippen molar-refractivity contribution in [2.24, 2.45) is 0 Å². The first-order valence-electron chi connectivity index (χ1n) is 14.2. The fraction of sp³-hybridized carbons (Fsp3) is 0.375. The van der Waals surface area contributed by atoms with Gasteiger partial charge < -0.3 is 20.1 Å². The molecule has 4 aromatic rings. The summed E-state index contributed by atoms with van der Waals surface area (Å²) in [6, 6.07) is 11.4. The zero-order valence-corrected chi connectivity index (χ0v) is 23.0. The third kappa shape index (κ3) is 4.67. The van der Waals surface area contributed by atoms with Crippen LogP contribution < -0.4 is 15.0 Å². The highest BCUT2D eigenvalue weighted by atomic mass is 19.1. The van der Waals surface area contributed by atoms with Crippen molar-refractivity contribution in [3.05, 3.63) is 60.6 Å². The van der Waals surface area contributed by atoms with E-state index in [4.69, 9.17) is 4.74 Å². The van der Waals surface area contributed by atoms with E-state index >= 15 is 4.39 Å². The molecule has 212 valence electrons. The first-order chi connectivity index (χ1) is 19.9. The van der Waals surface area contributed by atoms with Crippen molar-refractivity contribution >= 4 is 33.4 Å². The van der Waals surface area contributed by atoms with E-state index in [1.54, 1.807) is 18.3 Å². The van der Waals surface area contributed by atoms with Crippen LogP contribution in [-0.2, 0) is 0 Å². The number of phenolic OH excluding ortho intramolecular Hbond substituents is 1. The third-order valence-electron chi connectivity index (χ3n) is 8.84. The van der Waals surface area contributed by atoms with Crippen molar-refractivity contribution in [2.75, 3.05) is 38.2 Å². The summed E-state index contributed by atoms with van der Waals surface area (Å²) in [5.41, 5.74) is 2.36. The average Bonchev–Trinajstić information content (AvgIpc) is 3.48. The van der Waals surface area contributed by atoms with Crippen LogP contribution in [0, 0.1) is 5.82 Å². The lowest BCUT2D eigenvalue weighted by Gasteiger charge is -2.35. The maximum Gasteiger partial charge on any atom is 0.216 e. The van der Waals surface area contributed by atoms with Crippen LogP contribution in [0.4, 0.5) is 14.5 Å². The molecule has 41 heavy (non-hydrogen) atoms. The average molecular weight is 558 g/mol. The number of likely N-dealkylation sites (tertiary alicyclic amines) is 1. The number of fused-ring (bicyclic) bond motifs is 4. The van der Waals surface area contributed by atoms with Crippen molar-refractivity contribution in [3.8, 4) is 22.9 Å². The van der Waals surface area contributed by atoms with Crippen LogP contribution in [0.1, 0.15) is 24.8 Å². The largest absolute Gasteiger partial charge is 0.508 e. The van der Waals surface area contributed by atoms with Crippen molar-refractivity contribution < 1.29 is 18.6 Å². The Hall–Kier alpha value is -3.82. The lowest BCUT2D eigenvalue weighted by atomic mass is 9.96. The topological polar surface area (TPSA) is 73.8 Å². The van der Waals surface area contributed by atoms with Gasteiger partial charge in [0.25, 0.3) is 0 Å². The Morgan fingerprint density at radius 1 is 1.17 bits per heavy atom. The van der Waals surface area contributed by atoms with E-state index in [0.717, 1.165) is 48.0 Å². The van der Waals surface area contributed by atoms with Gasteiger partial charge in [-0.3, -0.25) is 9.88 Å². The monoisotopic (exact) mass is 557 g/mol. The molecule has 5 heterocycles. The van der Waals surface area contributed by atoms with Crippen molar-refractivity contribution in [3.63, 3.8) is 0 Å². The number of hydrogen-bond acceptors (Lipinski definition) is 7. The second-order valence-corrected chi connectivity index (χ2v) is 11.6. The second kappa shape index (κ2) is 10.2. The van der Waals surface area contributed by atoms with E-state index < -0.39 is 12.0 Å². The summed E-state index contributed by atoms with van der Waals surface area (Å²) in [5.74, 6) is -0.263. The van der Waals surface area contributed by atoms with E-state index in [1.165, 1.54) is 6.07 Å². The number of alkyl halides is 1. The molecule has 4 atom stereocenters. The van der Waals surface area contributed by atoms with Gasteiger partial charge in [-0.1, -0.05) is 30.9 Å². The Kier molecular flexibility index (Phi) is 6.51. The first-order valence-corrected chi connectivity index (χ1v) is 14.2. The standard InChI is InChI=1S/C32H33F2N5O2/c1-3-18-5-4-6-19-9-24(40)11-25(29(18)19)31-30(34)32-26(13-35-31)27(39-15-21-7-8-22(16-39)36-21)12-28(37-32)41-17-23-10-20(33)14-38(23)2/h3-6,9,11-13,20-23,36,40H,1,7-8,10,14-17H2,2H3/t20-,21?,22?,23+/m1/s1. The molecule has 2 unspecified atom stereocenters. The molecule has 7 nitrogen and oxygen atoms in total. The summed E-state index contributed by atoms with van der Waals surface area (Å²) in [5, 5.41) is 16.3. The molecule has 2 N–H and O–H groups in total. The van der Waals surface area contributed by atoms with Crippen molar-refractivity contribution in [2.45, 2.75) is 43.6 Å². The number of hydrogen-bond donors (Lipinski definition) is 2. The molecule has 2 aromatic heterocycles. The Bertz CT molecular complexity index is 1650. The van der Waals surface area contributed by atoms with Gasteiger partial charge >= 0.3 is 0 Å². The summed E-state index contributed by atoms with van der Waals surface area (Å²) < 4.78 is 36.8. The zero-order chi connectivity index (χ0) is 28.2. The molecule has 0 radical (unpaired) electrons. The molecule has 2 bridgehead atoms. The Morgan fingerprint density at radius 3 is 2.71 bits per heavy atom. The van der Waals surface area contributed by atoms with Crippen molar-refractivity contribution in [1.29, 1.82) is 0 Å². The number of nitrogens with zero attached hydrogens (tertiary/aromatic N) is 4. The molecular weight excluding hydrogens is 524 g/mol. The van der Waals surface area contributed by atoms with Gasteiger partial charge in [0.1, 0.15) is 29.7 Å². The predicted molar refractivity (Wildman–Crippen MR) is 158 cm³/mol. The summed E-state index contributed by atoms with van der Waals surface area (Å²) >= 11 is 0. The van der Waals surface area contributed by atoms with E-state index in [1.807, 2.05) is 36.2 Å². The van der Waals surface area contributed by atoms with Crippen LogP contribution >= 0.6 is 0 Å². The van der Waals surface area contributed by atoms with E-state index in [9.17, 15) is 9.50 Å². The number of piperazine rings is 1. The predicted octanol–water partition coefficient (Wildman–Crippen LogP) is 5.30. The highest BCUT2D eigenvalue weighted by molar-refractivity contribution is 6.04. The number of rotatable bonds is 6. The normalized spacial score (nSPS) is 24.4. The lowest BCUT2D eigenvalue weighted by Crippen LogP contribution is -2.51. The number of anilines is 1. The second-order valence-electron chi connectivity index (χ2n) is 11.6. The van der Waals surface area contributed by atoms with Gasteiger partial charge in [-0.15, -0.1) is 0 Å². The van der Waals surface area contributed by atoms with E-state index in [-0.39, 0.29) is 29.6 Å². The highest BCUT2D eigenvalue weighted by Crippen LogP contribution is 2.40. The van der Waals surface area contributed by atoms with Gasteiger partial charge in [0, 0.05) is 61.0 Å². The molecule has 0 spiro atoms. The summed E-state index contributed by atoms with van der Waals surface area (Å²) in [4.78, 5) is 13.5. The number of halogens is 2. The molecular formula is C32H33F2N5O2. The molecule has 2 aromatic carbocycles. The smallest absolute Gasteiger partial charge is 0.216 e. The molecule has 0 aliphatic carbocycles. The summed E-state index contributed by atoms with van der Waals surface area (Å²) in [6.45, 7) is 6.16. The van der Waals surface area contributed by atoms with Crippen molar-refractivity contribution in [1.82, 2.24) is 20.2 Å². The van der Waals surface area contributed by atoms with Gasteiger partial charge in [-0.05, 0) is 54.8 Å². The fourth-order valence-corrected chi connectivity index (χ4v) is 6.81. The van der Waals surface area contributed by atoms with E-state index in [2.05, 4.69) is 26.8 Å². The number of phenols is 1. The van der Waals surface area contributed by atoms with Crippen LogP contribution in [0.15, 0.2) is 49.2 Å². The number of benzene rings is 2. The maximum atomic E-state index is 16.6. The Balaban J connectivity index is 1.37. The number of likely N-dealkylation sites (N-methyl/N-ethyl adjacent to an activating group) is 1. The number of aromatic nitrogens is 2.